The lowest BCUT2D eigenvalue weighted by atomic mass is 10.1. The number of hydrogen-bond donors (Lipinski definition) is 1. The Hall–Kier alpha value is -1.42. The molecule has 2 aromatic rings. The Balaban J connectivity index is 2.46. The Morgan fingerprint density at radius 2 is 2.33 bits per heavy atom. The summed E-state index contributed by atoms with van der Waals surface area (Å²) in [7, 11) is 0. The van der Waals surface area contributed by atoms with E-state index in [1.165, 1.54) is 12.1 Å². The third-order valence-electron chi connectivity index (χ3n) is 2.49. The average molecular weight is 208 g/mol. The van der Waals surface area contributed by atoms with Crippen LogP contribution in [0, 0.1) is 5.82 Å². The maximum Gasteiger partial charge on any atom is 0.199 e. The smallest absolute Gasteiger partial charge is 0.199 e. The molecule has 0 spiro atoms. The molecule has 2 rings (SSSR count). The average Bonchev–Trinajstić information content (AvgIpc) is 2.62. The van der Waals surface area contributed by atoms with Gasteiger partial charge in [0.2, 0.25) is 0 Å². The minimum absolute atomic E-state index is 0.112. The van der Waals surface area contributed by atoms with Gasteiger partial charge in [0.05, 0.1) is 0 Å². The van der Waals surface area contributed by atoms with E-state index in [0.29, 0.717) is 23.5 Å². The summed E-state index contributed by atoms with van der Waals surface area (Å²) in [4.78, 5) is 4.23. The second-order valence-corrected chi connectivity index (χ2v) is 3.51. The highest BCUT2D eigenvalue weighted by Crippen LogP contribution is 2.23. The van der Waals surface area contributed by atoms with Crippen LogP contribution in [0.25, 0.3) is 11.1 Å². The van der Waals surface area contributed by atoms with Crippen LogP contribution in [0.5, 0.6) is 0 Å². The van der Waals surface area contributed by atoms with Crippen molar-refractivity contribution in [2.45, 2.75) is 19.3 Å². The molecular formula is C11H13FN2O. The van der Waals surface area contributed by atoms with E-state index in [2.05, 4.69) is 4.98 Å². The van der Waals surface area contributed by atoms with Crippen molar-refractivity contribution >= 4 is 11.1 Å². The van der Waals surface area contributed by atoms with Gasteiger partial charge in [0.1, 0.15) is 11.3 Å². The zero-order chi connectivity index (χ0) is 10.8. The van der Waals surface area contributed by atoms with E-state index in [1.54, 1.807) is 6.07 Å². The first-order valence-electron chi connectivity index (χ1n) is 5.00. The summed E-state index contributed by atoms with van der Waals surface area (Å²) < 4.78 is 18.4. The molecule has 0 saturated carbocycles. The number of halogens is 1. The van der Waals surface area contributed by atoms with Gasteiger partial charge in [-0.15, -0.1) is 0 Å². The van der Waals surface area contributed by atoms with Gasteiger partial charge in [0.25, 0.3) is 0 Å². The number of rotatable bonds is 3. The molecule has 0 aliphatic carbocycles. The lowest BCUT2D eigenvalue weighted by Gasteiger charge is -2.05. The molecule has 0 radical (unpaired) electrons. The molecule has 1 unspecified atom stereocenters. The first-order valence-corrected chi connectivity index (χ1v) is 5.00. The SMILES string of the molecule is CCC(CN)c1nc2cc(F)ccc2o1. The highest BCUT2D eigenvalue weighted by molar-refractivity contribution is 5.72. The Labute approximate surface area is 87.1 Å². The normalized spacial score (nSPS) is 13.3. The number of hydrogen-bond acceptors (Lipinski definition) is 3. The molecule has 1 aromatic carbocycles. The van der Waals surface area contributed by atoms with Crippen LogP contribution in [0.2, 0.25) is 0 Å². The van der Waals surface area contributed by atoms with Crippen LogP contribution in [-0.4, -0.2) is 11.5 Å². The monoisotopic (exact) mass is 208 g/mol. The van der Waals surface area contributed by atoms with E-state index in [-0.39, 0.29) is 11.7 Å². The fraction of sp³-hybridized carbons (Fsp3) is 0.364. The second-order valence-electron chi connectivity index (χ2n) is 3.51. The Morgan fingerprint density at radius 1 is 1.53 bits per heavy atom. The van der Waals surface area contributed by atoms with Gasteiger partial charge in [-0.05, 0) is 18.6 Å². The highest BCUT2D eigenvalue weighted by atomic mass is 19.1. The van der Waals surface area contributed by atoms with Crippen LogP contribution in [0.15, 0.2) is 22.6 Å². The van der Waals surface area contributed by atoms with Crippen molar-refractivity contribution in [2.24, 2.45) is 5.73 Å². The lowest BCUT2D eigenvalue weighted by molar-refractivity contribution is 0.465. The van der Waals surface area contributed by atoms with Crippen LogP contribution in [0.1, 0.15) is 25.2 Å². The van der Waals surface area contributed by atoms with Gasteiger partial charge < -0.3 is 10.2 Å². The minimum Gasteiger partial charge on any atom is -0.440 e. The number of oxazole rings is 1. The molecule has 0 aliphatic rings. The standard InChI is InChI=1S/C11H13FN2O/c1-2-7(6-13)11-14-9-5-8(12)3-4-10(9)15-11/h3-5,7H,2,6,13H2,1H3. The molecule has 3 nitrogen and oxygen atoms in total. The lowest BCUT2D eigenvalue weighted by Crippen LogP contribution is -2.11. The predicted molar refractivity (Wildman–Crippen MR) is 56.1 cm³/mol. The first kappa shape index (κ1) is 10.1. The van der Waals surface area contributed by atoms with E-state index >= 15 is 0 Å². The molecule has 15 heavy (non-hydrogen) atoms. The molecule has 80 valence electrons. The quantitative estimate of drug-likeness (QED) is 0.842. The summed E-state index contributed by atoms with van der Waals surface area (Å²) >= 11 is 0. The number of aromatic nitrogens is 1. The van der Waals surface area contributed by atoms with Gasteiger partial charge in [-0.2, -0.15) is 0 Å². The van der Waals surface area contributed by atoms with Gasteiger partial charge in [0, 0.05) is 18.5 Å². The molecule has 1 heterocycles. The number of nitrogens with zero attached hydrogens (tertiary/aromatic N) is 1. The summed E-state index contributed by atoms with van der Waals surface area (Å²) in [6.07, 6.45) is 0.867. The molecule has 2 N–H and O–H groups in total. The summed E-state index contributed by atoms with van der Waals surface area (Å²) in [5.41, 5.74) is 6.76. The Kier molecular flexibility index (Phi) is 2.68. The summed E-state index contributed by atoms with van der Waals surface area (Å²) in [6.45, 7) is 2.51. The summed E-state index contributed by atoms with van der Waals surface area (Å²) in [6, 6.07) is 4.32. The van der Waals surface area contributed by atoms with E-state index < -0.39 is 0 Å². The molecule has 0 amide bonds. The molecule has 0 fully saturated rings. The second kappa shape index (κ2) is 3.98. The number of fused-ring (bicyclic) bond motifs is 1. The van der Waals surface area contributed by atoms with Crippen molar-refractivity contribution in [3.05, 3.63) is 29.9 Å². The molecule has 1 aromatic heterocycles. The molecule has 4 heteroatoms. The van der Waals surface area contributed by atoms with E-state index in [0.717, 1.165) is 6.42 Å². The zero-order valence-electron chi connectivity index (χ0n) is 8.53. The zero-order valence-corrected chi connectivity index (χ0v) is 8.53. The maximum atomic E-state index is 12.9. The number of benzene rings is 1. The van der Waals surface area contributed by atoms with Gasteiger partial charge >= 0.3 is 0 Å². The van der Waals surface area contributed by atoms with Gasteiger partial charge in [-0.25, -0.2) is 9.37 Å². The van der Waals surface area contributed by atoms with Crippen LogP contribution < -0.4 is 5.73 Å². The third kappa shape index (κ3) is 1.85. The molecule has 0 saturated heterocycles. The van der Waals surface area contributed by atoms with Crippen molar-refractivity contribution in [3.63, 3.8) is 0 Å². The highest BCUT2D eigenvalue weighted by Gasteiger charge is 2.14. The van der Waals surface area contributed by atoms with E-state index in [9.17, 15) is 4.39 Å². The van der Waals surface area contributed by atoms with Crippen LogP contribution in [0.4, 0.5) is 4.39 Å². The molecular weight excluding hydrogens is 195 g/mol. The molecule has 0 aliphatic heterocycles. The van der Waals surface area contributed by atoms with Gasteiger partial charge in [-0.1, -0.05) is 6.92 Å². The fourth-order valence-electron chi connectivity index (χ4n) is 1.54. The maximum absolute atomic E-state index is 12.9. The third-order valence-corrected chi connectivity index (χ3v) is 2.49. The van der Waals surface area contributed by atoms with Crippen molar-refractivity contribution in [1.29, 1.82) is 0 Å². The number of nitrogens with two attached hydrogens (primary N) is 1. The van der Waals surface area contributed by atoms with Crippen LogP contribution in [0.3, 0.4) is 0 Å². The fourth-order valence-corrected chi connectivity index (χ4v) is 1.54. The van der Waals surface area contributed by atoms with Crippen LogP contribution >= 0.6 is 0 Å². The van der Waals surface area contributed by atoms with Gasteiger partial charge in [0.15, 0.2) is 11.5 Å². The van der Waals surface area contributed by atoms with Crippen molar-refractivity contribution < 1.29 is 8.81 Å². The van der Waals surface area contributed by atoms with Gasteiger partial charge in [-0.3, -0.25) is 0 Å². The predicted octanol–water partition coefficient (Wildman–Crippen LogP) is 2.42. The van der Waals surface area contributed by atoms with Crippen LogP contribution in [-0.2, 0) is 0 Å². The molecule has 0 bridgehead atoms. The largest absolute Gasteiger partial charge is 0.440 e. The Morgan fingerprint density at radius 3 is 3.00 bits per heavy atom. The van der Waals surface area contributed by atoms with E-state index in [1.807, 2.05) is 6.92 Å². The first-order chi connectivity index (χ1) is 7.24. The topological polar surface area (TPSA) is 52.0 Å². The van der Waals surface area contributed by atoms with Crippen molar-refractivity contribution in [3.8, 4) is 0 Å². The minimum atomic E-state index is -0.303. The summed E-state index contributed by atoms with van der Waals surface area (Å²) in [5, 5.41) is 0. The van der Waals surface area contributed by atoms with Crippen molar-refractivity contribution in [1.82, 2.24) is 4.98 Å². The molecule has 1 atom stereocenters. The summed E-state index contributed by atoms with van der Waals surface area (Å²) in [5.74, 6) is 0.407. The van der Waals surface area contributed by atoms with Crippen molar-refractivity contribution in [2.75, 3.05) is 6.54 Å². The van der Waals surface area contributed by atoms with E-state index in [4.69, 9.17) is 10.2 Å². The Bertz CT molecular complexity index is 463.